The molecule has 1 aromatic rings. The summed E-state index contributed by atoms with van der Waals surface area (Å²) in [6, 6.07) is 5.18. The lowest BCUT2D eigenvalue weighted by atomic mass is 10.1. The van der Waals surface area contributed by atoms with Gasteiger partial charge in [0.25, 0.3) is 5.91 Å². The fourth-order valence-electron chi connectivity index (χ4n) is 1.74. The molecular weight excluding hydrogens is 278 g/mol. The van der Waals surface area contributed by atoms with Gasteiger partial charge in [0.1, 0.15) is 16.4 Å². The number of carboxylic acid groups (broad SMARTS) is 1. The Hall–Kier alpha value is -2.08. The van der Waals surface area contributed by atoms with Gasteiger partial charge in [-0.3, -0.25) is 4.79 Å². The number of aliphatic carboxylic acids is 1. The molecule has 5 nitrogen and oxygen atoms in total. The highest BCUT2D eigenvalue weighted by molar-refractivity contribution is 8.15. The van der Waals surface area contributed by atoms with Crippen LogP contribution in [0.4, 0.5) is 0 Å². The smallest absolute Gasteiger partial charge is 0.341 e. The van der Waals surface area contributed by atoms with Gasteiger partial charge in [0, 0.05) is 5.56 Å². The summed E-state index contributed by atoms with van der Waals surface area (Å²) >= 11 is 1.04. The number of aryl methyl sites for hydroxylation is 2. The van der Waals surface area contributed by atoms with Crippen LogP contribution in [-0.2, 0) is 4.79 Å². The monoisotopic (exact) mass is 291 g/mol. The minimum Gasteiger partial charge on any atom is -0.510 e. The van der Waals surface area contributed by atoms with E-state index in [0.29, 0.717) is 5.56 Å². The van der Waals surface area contributed by atoms with E-state index in [0.717, 1.165) is 22.9 Å². The number of nitrogens with zero attached hydrogens (tertiary/aromatic N) is 1. The zero-order valence-electron chi connectivity index (χ0n) is 11.0. The van der Waals surface area contributed by atoms with Gasteiger partial charge in [-0.2, -0.15) is 0 Å². The first-order chi connectivity index (χ1) is 9.40. The fourth-order valence-corrected chi connectivity index (χ4v) is 2.65. The number of aliphatic imine (C=N–C) groups is 1. The first-order valence-corrected chi connectivity index (χ1v) is 6.87. The predicted molar refractivity (Wildman–Crippen MR) is 77.4 cm³/mol. The van der Waals surface area contributed by atoms with Gasteiger partial charge in [-0.15, -0.1) is 0 Å². The van der Waals surface area contributed by atoms with Crippen molar-refractivity contribution in [2.24, 2.45) is 4.99 Å². The summed E-state index contributed by atoms with van der Waals surface area (Å²) in [5.74, 6) is -1.92. The van der Waals surface area contributed by atoms with Crippen molar-refractivity contribution in [3.8, 4) is 0 Å². The molecule has 0 spiro atoms. The lowest BCUT2D eigenvalue weighted by Gasteiger charge is -2.03. The Bertz CT molecular complexity index is 661. The first kappa shape index (κ1) is 14.3. The summed E-state index contributed by atoms with van der Waals surface area (Å²) < 4.78 is 0. The van der Waals surface area contributed by atoms with Crippen LogP contribution >= 0.6 is 11.8 Å². The van der Waals surface area contributed by atoms with Crippen molar-refractivity contribution >= 4 is 28.7 Å². The molecule has 1 aliphatic rings. The van der Waals surface area contributed by atoms with Crippen LogP contribution in [0, 0.1) is 13.8 Å². The maximum atomic E-state index is 12.0. The van der Waals surface area contributed by atoms with E-state index in [1.807, 2.05) is 19.9 Å². The summed E-state index contributed by atoms with van der Waals surface area (Å²) in [6.45, 7) is 3.82. The first-order valence-electron chi connectivity index (χ1n) is 5.89. The van der Waals surface area contributed by atoms with Gasteiger partial charge in [-0.25, -0.2) is 9.79 Å². The third-order valence-corrected chi connectivity index (χ3v) is 4.01. The number of aliphatic hydroxyl groups excluding tert-OH is 1. The molecule has 0 aliphatic carbocycles. The molecule has 104 valence electrons. The quantitative estimate of drug-likeness (QED) is 0.874. The largest absolute Gasteiger partial charge is 0.510 e. The molecule has 2 rings (SSSR count). The molecule has 0 radical (unpaired) electrons. The molecule has 0 saturated carbocycles. The van der Waals surface area contributed by atoms with Crippen LogP contribution in [0.3, 0.4) is 0 Å². The molecule has 0 aromatic heterocycles. The maximum Gasteiger partial charge on any atom is 0.341 e. The Morgan fingerprint density at radius 2 is 1.95 bits per heavy atom. The van der Waals surface area contributed by atoms with Crippen molar-refractivity contribution in [2.45, 2.75) is 13.8 Å². The molecule has 1 aromatic carbocycles. The van der Waals surface area contributed by atoms with Gasteiger partial charge >= 0.3 is 5.97 Å². The lowest BCUT2D eigenvalue weighted by Crippen LogP contribution is -2.10. The van der Waals surface area contributed by atoms with Gasteiger partial charge < -0.3 is 10.2 Å². The third kappa shape index (κ3) is 2.75. The molecule has 1 heterocycles. The van der Waals surface area contributed by atoms with E-state index in [1.165, 1.54) is 0 Å². The topological polar surface area (TPSA) is 87.0 Å². The Kier molecular flexibility index (Phi) is 3.94. The second-order valence-electron chi connectivity index (χ2n) is 4.44. The number of hydrogen-bond donors (Lipinski definition) is 2. The van der Waals surface area contributed by atoms with Gasteiger partial charge in [0.05, 0.1) is 5.75 Å². The number of carbonyl (C=O) groups is 2. The van der Waals surface area contributed by atoms with E-state index < -0.39 is 11.9 Å². The number of thioether (sulfide) groups is 1. The van der Waals surface area contributed by atoms with Crippen molar-refractivity contribution < 1.29 is 19.8 Å². The standard InChI is InChI=1S/C14H13NO4S/c1-7-3-4-9(5-8(7)2)12(17)15-13-11(14(18)19)10(16)6-20-13/h3-5,16H,6H2,1-2H3,(H,18,19). The van der Waals surface area contributed by atoms with E-state index in [2.05, 4.69) is 4.99 Å². The van der Waals surface area contributed by atoms with E-state index >= 15 is 0 Å². The summed E-state index contributed by atoms with van der Waals surface area (Å²) in [5.41, 5.74) is 2.14. The molecule has 6 heteroatoms. The molecule has 2 N–H and O–H groups in total. The molecule has 20 heavy (non-hydrogen) atoms. The van der Waals surface area contributed by atoms with Gasteiger partial charge in [0.15, 0.2) is 0 Å². The van der Waals surface area contributed by atoms with Crippen LogP contribution in [0.25, 0.3) is 0 Å². The highest BCUT2D eigenvalue weighted by atomic mass is 32.2. The van der Waals surface area contributed by atoms with Crippen molar-refractivity contribution in [3.05, 3.63) is 46.2 Å². The summed E-state index contributed by atoms with van der Waals surface area (Å²) in [4.78, 5) is 26.9. The fraction of sp³-hybridized carbons (Fsp3) is 0.214. The van der Waals surface area contributed by atoms with Gasteiger partial charge in [0.2, 0.25) is 0 Å². The SMILES string of the molecule is Cc1ccc(C(=O)N=C2SCC(O)=C2C(=O)O)cc1C. The number of aliphatic hydroxyl groups is 1. The van der Waals surface area contributed by atoms with E-state index in [-0.39, 0.29) is 22.1 Å². The Morgan fingerprint density at radius 1 is 1.25 bits per heavy atom. The Labute approximate surface area is 120 Å². The van der Waals surface area contributed by atoms with Gasteiger partial charge in [-0.05, 0) is 37.1 Å². The average molecular weight is 291 g/mol. The minimum atomic E-state index is -1.28. The maximum absolute atomic E-state index is 12.0. The Balaban J connectivity index is 2.33. The van der Waals surface area contributed by atoms with Crippen LogP contribution in [-0.4, -0.2) is 32.9 Å². The van der Waals surface area contributed by atoms with Crippen LogP contribution in [0.15, 0.2) is 34.5 Å². The molecule has 0 saturated heterocycles. The lowest BCUT2D eigenvalue weighted by molar-refractivity contribution is -0.132. The van der Waals surface area contributed by atoms with Crippen molar-refractivity contribution in [1.82, 2.24) is 0 Å². The molecule has 0 atom stereocenters. The molecular formula is C14H13NO4S. The number of rotatable bonds is 2. The zero-order valence-corrected chi connectivity index (χ0v) is 11.8. The van der Waals surface area contributed by atoms with E-state index in [1.54, 1.807) is 12.1 Å². The molecule has 0 fully saturated rings. The van der Waals surface area contributed by atoms with Crippen LogP contribution in [0.2, 0.25) is 0 Å². The number of hydrogen-bond acceptors (Lipinski definition) is 4. The van der Waals surface area contributed by atoms with Crippen molar-refractivity contribution in [3.63, 3.8) is 0 Å². The van der Waals surface area contributed by atoms with E-state index in [9.17, 15) is 14.7 Å². The second-order valence-corrected chi connectivity index (χ2v) is 5.40. The number of carboxylic acids is 1. The normalized spacial score (nSPS) is 16.8. The summed E-state index contributed by atoms with van der Waals surface area (Å²) in [7, 11) is 0. The summed E-state index contributed by atoms with van der Waals surface area (Å²) in [6.07, 6.45) is 0. The van der Waals surface area contributed by atoms with Crippen LogP contribution in [0.1, 0.15) is 21.5 Å². The Morgan fingerprint density at radius 3 is 2.55 bits per heavy atom. The van der Waals surface area contributed by atoms with Crippen molar-refractivity contribution in [2.75, 3.05) is 5.75 Å². The second kappa shape index (κ2) is 5.50. The number of benzene rings is 1. The number of amides is 1. The molecule has 1 amide bonds. The van der Waals surface area contributed by atoms with E-state index in [4.69, 9.17) is 5.11 Å². The molecule has 1 aliphatic heterocycles. The van der Waals surface area contributed by atoms with Crippen molar-refractivity contribution in [1.29, 1.82) is 0 Å². The summed E-state index contributed by atoms with van der Waals surface area (Å²) in [5, 5.41) is 18.5. The molecule has 0 unspecified atom stereocenters. The highest BCUT2D eigenvalue weighted by Gasteiger charge is 2.28. The van der Waals surface area contributed by atoms with Crippen LogP contribution in [0.5, 0.6) is 0 Å². The predicted octanol–water partition coefficient (Wildman–Crippen LogP) is 2.49. The average Bonchev–Trinajstić information content (AvgIpc) is 2.73. The molecule has 0 bridgehead atoms. The van der Waals surface area contributed by atoms with Gasteiger partial charge in [-0.1, -0.05) is 17.8 Å². The van der Waals surface area contributed by atoms with Crippen LogP contribution < -0.4 is 0 Å². The highest BCUT2D eigenvalue weighted by Crippen LogP contribution is 2.27. The number of carbonyl (C=O) groups excluding carboxylic acids is 1. The third-order valence-electron chi connectivity index (χ3n) is 3.02. The zero-order chi connectivity index (χ0) is 14.9. The minimum absolute atomic E-state index is 0.0539.